The number of benzene rings is 1. The molecule has 1 rings (SSSR count). The number of rotatable bonds is 1. The van der Waals surface area contributed by atoms with Gasteiger partial charge in [-0.05, 0) is 12.1 Å². The van der Waals surface area contributed by atoms with E-state index in [1.807, 2.05) is 0 Å². The lowest BCUT2D eigenvalue weighted by Gasteiger charge is -2.02. The van der Waals surface area contributed by atoms with Crippen molar-refractivity contribution in [2.24, 2.45) is 0 Å². The summed E-state index contributed by atoms with van der Waals surface area (Å²) in [5.41, 5.74) is 5.80. The van der Waals surface area contributed by atoms with E-state index in [0.717, 1.165) is 0 Å². The number of phenols is 1. The van der Waals surface area contributed by atoms with Crippen LogP contribution in [0, 0.1) is 5.82 Å². The van der Waals surface area contributed by atoms with Crippen LogP contribution in [-0.4, -0.2) is 5.11 Å². The van der Waals surface area contributed by atoms with Gasteiger partial charge in [0, 0.05) is 11.3 Å². The minimum absolute atomic E-state index is 0.144. The summed E-state index contributed by atoms with van der Waals surface area (Å²) in [6.07, 6.45) is 1.27. The Labute approximate surface area is 63.8 Å². The molecule has 0 amide bonds. The van der Waals surface area contributed by atoms with Crippen LogP contribution in [-0.2, 0) is 0 Å². The second kappa shape index (κ2) is 2.62. The van der Waals surface area contributed by atoms with E-state index < -0.39 is 11.6 Å². The zero-order chi connectivity index (χ0) is 8.43. The minimum Gasteiger partial charge on any atom is -0.505 e. The van der Waals surface area contributed by atoms with Crippen molar-refractivity contribution in [2.75, 3.05) is 5.73 Å². The van der Waals surface area contributed by atoms with Gasteiger partial charge in [-0.1, -0.05) is 12.7 Å². The highest BCUT2D eigenvalue weighted by molar-refractivity contribution is 5.65. The molecule has 11 heavy (non-hydrogen) atoms. The second-order valence-electron chi connectivity index (χ2n) is 2.11. The first-order valence-electron chi connectivity index (χ1n) is 3.06. The predicted octanol–water partition coefficient (Wildman–Crippen LogP) is 1.76. The van der Waals surface area contributed by atoms with E-state index in [4.69, 9.17) is 10.8 Å². The summed E-state index contributed by atoms with van der Waals surface area (Å²) in [5, 5.41) is 8.88. The molecule has 1 aromatic rings. The molecule has 0 aliphatic rings. The Morgan fingerprint density at radius 1 is 1.55 bits per heavy atom. The van der Waals surface area contributed by atoms with E-state index in [0.29, 0.717) is 0 Å². The van der Waals surface area contributed by atoms with Crippen molar-refractivity contribution in [3.05, 3.63) is 30.1 Å². The molecule has 0 aliphatic carbocycles. The molecule has 0 spiro atoms. The first-order valence-corrected chi connectivity index (χ1v) is 3.06. The molecule has 0 fully saturated rings. The highest BCUT2D eigenvalue weighted by Crippen LogP contribution is 2.24. The van der Waals surface area contributed by atoms with Gasteiger partial charge in [0.2, 0.25) is 0 Å². The van der Waals surface area contributed by atoms with Gasteiger partial charge in [-0.25, -0.2) is 4.39 Å². The van der Waals surface area contributed by atoms with Gasteiger partial charge in [-0.15, -0.1) is 0 Å². The summed E-state index contributed by atoms with van der Waals surface area (Å²) in [6.45, 7) is 3.36. The van der Waals surface area contributed by atoms with Gasteiger partial charge in [0.25, 0.3) is 0 Å². The zero-order valence-corrected chi connectivity index (χ0v) is 5.84. The molecule has 0 saturated carbocycles. The molecule has 3 heteroatoms. The maximum Gasteiger partial charge on any atom is 0.174 e. The number of halogens is 1. The van der Waals surface area contributed by atoms with Crippen LogP contribution in [0.25, 0.3) is 6.08 Å². The predicted molar refractivity (Wildman–Crippen MR) is 42.6 cm³/mol. The lowest BCUT2D eigenvalue weighted by atomic mass is 10.1. The Hall–Kier alpha value is -1.51. The summed E-state index contributed by atoms with van der Waals surface area (Å²) in [7, 11) is 0. The van der Waals surface area contributed by atoms with Crippen LogP contribution < -0.4 is 5.73 Å². The van der Waals surface area contributed by atoms with Crippen LogP contribution in [0.2, 0.25) is 0 Å². The molecule has 0 atom stereocenters. The van der Waals surface area contributed by atoms with Crippen molar-refractivity contribution in [2.45, 2.75) is 0 Å². The fourth-order valence-corrected chi connectivity index (χ4v) is 0.804. The average Bonchev–Trinajstić information content (AvgIpc) is 1.99. The van der Waals surface area contributed by atoms with Gasteiger partial charge in [-0.2, -0.15) is 0 Å². The van der Waals surface area contributed by atoms with E-state index >= 15 is 0 Å². The van der Waals surface area contributed by atoms with Crippen LogP contribution in [0.3, 0.4) is 0 Å². The molecule has 0 heterocycles. The van der Waals surface area contributed by atoms with Crippen LogP contribution in [0.4, 0.5) is 10.1 Å². The molecular formula is C8H8FNO. The molecule has 0 aliphatic heterocycles. The largest absolute Gasteiger partial charge is 0.505 e. The highest BCUT2D eigenvalue weighted by atomic mass is 19.1. The van der Waals surface area contributed by atoms with Crippen molar-refractivity contribution in [3.63, 3.8) is 0 Å². The smallest absolute Gasteiger partial charge is 0.174 e. The minimum atomic E-state index is -0.722. The van der Waals surface area contributed by atoms with Crippen molar-refractivity contribution in [1.29, 1.82) is 0 Å². The van der Waals surface area contributed by atoms with Crippen molar-refractivity contribution in [3.8, 4) is 5.75 Å². The third kappa shape index (κ3) is 1.17. The summed E-state index contributed by atoms with van der Waals surface area (Å²) >= 11 is 0. The molecule has 2 nitrogen and oxygen atoms in total. The van der Waals surface area contributed by atoms with Crippen LogP contribution in [0.5, 0.6) is 5.75 Å². The third-order valence-corrected chi connectivity index (χ3v) is 1.40. The molecule has 0 aromatic heterocycles. The summed E-state index contributed by atoms with van der Waals surface area (Å²) in [6, 6.07) is 2.63. The standard InChI is InChI=1S/C8H8FNO/c1-2-5-6(10)3-4-7(11)8(5)9/h2-4,11H,1,10H2. The SMILES string of the molecule is C=Cc1c(N)ccc(O)c1F. The van der Waals surface area contributed by atoms with E-state index in [2.05, 4.69) is 6.58 Å². The Bertz CT molecular complexity index is 296. The number of hydrogen-bond donors (Lipinski definition) is 2. The molecule has 1 aromatic carbocycles. The van der Waals surface area contributed by atoms with E-state index in [1.54, 1.807) is 0 Å². The maximum atomic E-state index is 12.9. The monoisotopic (exact) mass is 153 g/mol. The Morgan fingerprint density at radius 3 is 2.64 bits per heavy atom. The Kier molecular flexibility index (Phi) is 1.81. The molecule has 58 valence electrons. The van der Waals surface area contributed by atoms with Gasteiger partial charge in [0.15, 0.2) is 11.6 Å². The van der Waals surface area contributed by atoms with Gasteiger partial charge < -0.3 is 10.8 Å². The average molecular weight is 153 g/mol. The summed E-state index contributed by atoms with van der Waals surface area (Å²) < 4.78 is 12.9. The number of aromatic hydroxyl groups is 1. The van der Waals surface area contributed by atoms with E-state index in [9.17, 15) is 4.39 Å². The second-order valence-corrected chi connectivity index (χ2v) is 2.11. The quantitative estimate of drug-likeness (QED) is 0.477. The third-order valence-electron chi connectivity index (χ3n) is 1.40. The van der Waals surface area contributed by atoms with Gasteiger partial charge in [-0.3, -0.25) is 0 Å². The zero-order valence-electron chi connectivity index (χ0n) is 5.84. The van der Waals surface area contributed by atoms with Crippen molar-refractivity contribution < 1.29 is 9.50 Å². The maximum absolute atomic E-state index is 12.9. The van der Waals surface area contributed by atoms with Crippen LogP contribution in [0.15, 0.2) is 18.7 Å². The first-order chi connectivity index (χ1) is 5.16. The lowest BCUT2D eigenvalue weighted by molar-refractivity contribution is 0.432. The Morgan fingerprint density at radius 2 is 2.18 bits per heavy atom. The highest BCUT2D eigenvalue weighted by Gasteiger charge is 2.06. The normalized spacial score (nSPS) is 9.55. The first kappa shape index (κ1) is 7.60. The van der Waals surface area contributed by atoms with Crippen molar-refractivity contribution >= 4 is 11.8 Å². The fourth-order valence-electron chi connectivity index (χ4n) is 0.804. The van der Waals surface area contributed by atoms with Gasteiger partial charge in [0.05, 0.1) is 0 Å². The Balaban J connectivity index is 3.40. The molecular weight excluding hydrogens is 145 g/mol. The molecule has 0 radical (unpaired) electrons. The molecule has 0 unspecified atom stereocenters. The van der Waals surface area contributed by atoms with Gasteiger partial charge >= 0.3 is 0 Å². The molecule has 0 saturated heterocycles. The summed E-state index contributed by atoms with van der Waals surface area (Å²) in [4.78, 5) is 0. The molecule has 0 bridgehead atoms. The number of hydrogen-bond acceptors (Lipinski definition) is 2. The number of phenolic OH excluding ortho intramolecular Hbond substituents is 1. The van der Waals surface area contributed by atoms with Crippen molar-refractivity contribution in [1.82, 2.24) is 0 Å². The van der Waals surface area contributed by atoms with Crippen LogP contribution >= 0.6 is 0 Å². The fraction of sp³-hybridized carbons (Fsp3) is 0. The summed E-state index contributed by atoms with van der Waals surface area (Å²) in [5.74, 6) is -1.13. The number of anilines is 1. The van der Waals surface area contributed by atoms with Crippen LogP contribution in [0.1, 0.15) is 5.56 Å². The topological polar surface area (TPSA) is 46.2 Å². The molecule has 3 N–H and O–H groups in total. The number of nitrogens with two attached hydrogens (primary N) is 1. The van der Waals surface area contributed by atoms with E-state index in [-0.39, 0.29) is 11.3 Å². The van der Waals surface area contributed by atoms with Gasteiger partial charge in [0.1, 0.15) is 0 Å². The number of nitrogen functional groups attached to an aromatic ring is 1. The van der Waals surface area contributed by atoms with E-state index in [1.165, 1.54) is 18.2 Å². The lowest BCUT2D eigenvalue weighted by Crippen LogP contribution is -1.92.